The Labute approximate surface area is 156 Å². The molecule has 0 bridgehead atoms. The SMILES string of the molecule is Cc1ccc2c(Nc3ncnc(NC4CCCC4)c3[N+](=O)[O-])cccc2n1. The number of hydrogen-bond donors (Lipinski definition) is 2. The molecule has 0 unspecified atom stereocenters. The molecule has 2 aromatic heterocycles. The van der Waals surface area contributed by atoms with E-state index in [-0.39, 0.29) is 23.4 Å². The van der Waals surface area contributed by atoms with Gasteiger partial charge in [0.15, 0.2) is 0 Å². The summed E-state index contributed by atoms with van der Waals surface area (Å²) in [5.74, 6) is 0.433. The minimum absolute atomic E-state index is 0.138. The number of fused-ring (bicyclic) bond motifs is 1. The van der Waals surface area contributed by atoms with Gasteiger partial charge in [-0.25, -0.2) is 9.97 Å². The monoisotopic (exact) mass is 364 g/mol. The lowest BCUT2D eigenvalue weighted by Gasteiger charge is -2.14. The maximum atomic E-state index is 11.7. The van der Waals surface area contributed by atoms with Crippen LogP contribution in [0.5, 0.6) is 0 Å². The van der Waals surface area contributed by atoms with Crippen molar-refractivity contribution in [1.82, 2.24) is 15.0 Å². The van der Waals surface area contributed by atoms with E-state index in [9.17, 15) is 10.1 Å². The van der Waals surface area contributed by atoms with Crippen LogP contribution in [-0.4, -0.2) is 25.9 Å². The standard InChI is InChI=1S/C19H20N6O2/c1-12-9-10-14-15(22-12)7-4-8-16(14)24-19-17(25(26)27)18(20-11-21-19)23-13-5-2-3-6-13/h4,7-11,13H,2-3,5-6H2,1H3,(H2,20,21,23,24). The molecule has 3 aromatic rings. The normalized spacial score (nSPS) is 14.4. The second-order valence-electron chi connectivity index (χ2n) is 6.75. The molecule has 0 radical (unpaired) electrons. The number of hydrogen-bond acceptors (Lipinski definition) is 7. The largest absolute Gasteiger partial charge is 0.361 e. The lowest BCUT2D eigenvalue weighted by atomic mass is 10.1. The van der Waals surface area contributed by atoms with Crippen molar-refractivity contribution in [1.29, 1.82) is 0 Å². The van der Waals surface area contributed by atoms with E-state index in [1.54, 1.807) is 0 Å². The van der Waals surface area contributed by atoms with Crippen molar-refractivity contribution in [3.8, 4) is 0 Å². The summed E-state index contributed by atoms with van der Waals surface area (Å²) < 4.78 is 0. The fourth-order valence-electron chi connectivity index (χ4n) is 3.51. The molecule has 2 N–H and O–H groups in total. The van der Waals surface area contributed by atoms with Crippen LogP contribution in [-0.2, 0) is 0 Å². The molecular formula is C19H20N6O2. The molecule has 0 saturated heterocycles. The van der Waals surface area contributed by atoms with E-state index in [1.165, 1.54) is 6.33 Å². The van der Waals surface area contributed by atoms with Gasteiger partial charge < -0.3 is 10.6 Å². The third kappa shape index (κ3) is 3.51. The van der Waals surface area contributed by atoms with Gasteiger partial charge in [-0.15, -0.1) is 0 Å². The summed E-state index contributed by atoms with van der Waals surface area (Å²) in [6.45, 7) is 1.93. The van der Waals surface area contributed by atoms with E-state index in [0.717, 1.165) is 42.3 Å². The maximum Gasteiger partial charge on any atom is 0.353 e. The van der Waals surface area contributed by atoms with E-state index in [0.29, 0.717) is 5.69 Å². The summed E-state index contributed by atoms with van der Waals surface area (Å²) in [7, 11) is 0. The van der Waals surface area contributed by atoms with Gasteiger partial charge in [0.2, 0.25) is 11.6 Å². The van der Waals surface area contributed by atoms with Crippen LogP contribution in [0.1, 0.15) is 31.4 Å². The predicted molar refractivity (Wildman–Crippen MR) is 104 cm³/mol. The molecule has 2 heterocycles. The van der Waals surface area contributed by atoms with Crippen LogP contribution in [0.3, 0.4) is 0 Å². The Kier molecular flexibility index (Phi) is 4.53. The zero-order chi connectivity index (χ0) is 18.8. The van der Waals surface area contributed by atoms with Crippen LogP contribution in [0.25, 0.3) is 10.9 Å². The molecule has 27 heavy (non-hydrogen) atoms. The number of nitro groups is 1. The Morgan fingerprint density at radius 2 is 1.89 bits per heavy atom. The van der Waals surface area contributed by atoms with E-state index in [1.807, 2.05) is 37.3 Å². The highest BCUT2D eigenvalue weighted by molar-refractivity contribution is 5.94. The predicted octanol–water partition coefficient (Wildman–Crippen LogP) is 4.34. The Bertz CT molecular complexity index is 1000. The molecule has 8 nitrogen and oxygen atoms in total. The van der Waals surface area contributed by atoms with Gasteiger partial charge in [-0.3, -0.25) is 15.1 Å². The van der Waals surface area contributed by atoms with Crippen molar-refractivity contribution in [2.45, 2.75) is 38.6 Å². The fraction of sp³-hybridized carbons (Fsp3) is 0.316. The lowest BCUT2D eigenvalue weighted by Crippen LogP contribution is -2.17. The molecular weight excluding hydrogens is 344 g/mol. The molecule has 138 valence electrons. The second-order valence-corrected chi connectivity index (χ2v) is 6.75. The molecule has 4 rings (SSSR count). The zero-order valence-electron chi connectivity index (χ0n) is 15.0. The number of nitrogens with one attached hydrogen (secondary N) is 2. The Morgan fingerprint density at radius 1 is 1.11 bits per heavy atom. The average Bonchev–Trinajstić information content (AvgIpc) is 3.14. The van der Waals surface area contributed by atoms with Gasteiger partial charge in [0.1, 0.15) is 6.33 Å². The first-order valence-corrected chi connectivity index (χ1v) is 9.01. The molecule has 0 aliphatic heterocycles. The van der Waals surface area contributed by atoms with Crippen LogP contribution < -0.4 is 10.6 Å². The molecule has 8 heteroatoms. The molecule has 0 amide bonds. The first kappa shape index (κ1) is 17.1. The van der Waals surface area contributed by atoms with Crippen molar-refractivity contribution in [3.63, 3.8) is 0 Å². The third-order valence-corrected chi connectivity index (χ3v) is 4.83. The van der Waals surface area contributed by atoms with E-state index in [4.69, 9.17) is 0 Å². The van der Waals surface area contributed by atoms with Gasteiger partial charge >= 0.3 is 5.69 Å². The van der Waals surface area contributed by atoms with Crippen molar-refractivity contribution in [3.05, 3.63) is 52.5 Å². The van der Waals surface area contributed by atoms with Gasteiger partial charge in [-0.1, -0.05) is 18.9 Å². The molecule has 1 fully saturated rings. The Morgan fingerprint density at radius 3 is 2.67 bits per heavy atom. The highest BCUT2D eigenvalue weighted by Gasteiger charge is 2.26. The van der Waals surface area contributed by atoms with Crippen LogP contribution in [0.15, 0.2) is 36.7 Å². The second kappa shape index (κ2) is 7.14. The number of aryl methyl sites for hydroxylation is 1. The minimum Gasteiger partial charge on any atom is -0.361 e. The van der Waals surface area contributed by atoms with Gasteiger partial charge in [-0.2, -0.15) is 0 Å². The number of benzene rings is 1. The molecule has 0 spiro atoms. The van der Waals surface area contributed by atoms with Crippen LogP contribution in [0.4, 0.5) is 23.0 Å². The molecule has 1 aromatic carbocycles. The number of pyridine rings is 1. The summed E-state index contributed by atoms with van der Waals surface area (Å²) in [5.41, 5.74) is 2.31. The quantitative estimate of drug-likeness (QED) is 0.512. The first-order chi connectivity index (χ1) is 13.1. The Hall–Kier alpha value is -3.29. The van der Waals surface area contributed by atoms with Gasteiger partial charge in [0, 0.05) is 22.8 Å². The molecule has 1 aliphatic carbocycles. The lowest BCUT2D eigenvalue weighted by molar-refractivity contribution is -0.383. The minimum atomic E-state index is -0.437. The van der Waals surface area contributed by atoms with Crippen molar-refractivity contribution < 1.29 is 4.92 Å². The van der Waals surface area contributed by atoms with Gasteiger partial charge in [0.25, 0.3) is 0 Å². The molecule has 1 aliphatic rings. The maximum absolute atomic E-state index is 11.7. The fourth-order valence-corrected chi connectivity index (χ4v) is 3.51. The van der Waals surface area contributed by atoms with Crippen molar-refractivity contribution >= 4 is 33.9 Å². The van der Waals surface area contributed by atoms with E-state index < -0.39 is 4.92 Å². The van der Waals surface area contributed by atoms with Crippen molar-refractivity contribution in [2.75, 3.05) is 10.6 Å². The zero-order valence-corrected chi connectivity index (χ0v) is 15.0. The topological polar surface area (TPSA) is 106 Å². The summed E-state index contributed by atoms with van der Waals surface area (Å²) in [6, 6.07) is 9.71. The van der Waals surface area contributed by atoms with Gasteiger partial charge in [0.05, 0.1) is 10.4 Å². The number of aromatic nitrogens is 3. The van der Waals surface area contributed by atoms with Crippen LogP contribution in [0, 0.1) is 17.0 Å². The number of nitrogens with zero attached hydrogens (tertiary/aromatic N) is 4. The summed E-state index contributed by atoms with van der Waals surface area (Å²) in [4.78, 5) is 24.1. The summed E-state index contributed by atoms with van der Waals surface area (Å²) in [6.07, 6.45) is 5.60. The molecule has 1 saturated carbocycles. The van der Waals surface area contributed by atoms with Crippen LogP contribution in [0.2, 0.25) is 0 Å². The smallest absolute Gasteiger partial charge is 0.353 e. The van der Waals surface area contributed by atoms with Crippen LogP contribution >= 0.6 is 0 Å². The summed E-state index contributed by atoms with van der Waals surface area (Å²) >= 11 is 0. The highest BCUT2D eigenvalue weighted by atomic mass is 16.6. The third-order valence-electron chi connectivity index (χ3n) is 4.83. The van der Waals surface area contributed by atoms with Crippen molar-refractivity contribution in [2.24, 2.45) is 0 Å². The highest BCUT2D eigenvalue weighted by Crippen LogP contribution is 2.34. The van der Waals surface area contributed by atoms with E-state index >= 15 is 0 Å². The summed E-state index contributed by atoms with van der Waals surface area (Å²) in [5, 5.41) is 18.9. The Balaban J connectivity index is 1.72. The van der Waals surface area contributed by atoms with Gasteiger partial charge in [-0.05, 0) is 44.0 Å². The average molecular weight is 364 g/mol. The van der Waals surface area contributed by atoms with E-state index in [2.05, 4.69) is 25.6 Å². The number of anilines is 3. The molecule has 0 atom stereocenters. The first-order valence-electron chi connectivity index (χ1n) is 9.01. The number of rotatable bonds is 5.